The Morgan fingerprint density at radius 3 is 2.62 bits per heavy atom. The fourth-order valence-corrected chi connectivity index (χ4v) is 1.49. The zero-order chi connectivity index (χ0) is 11.4. The molecule has 0 fully saturated rings. The predicted octanol–water partition coefficient (Wildman–Crippen LogP) is 2.63. The number of aliphatic hydroxyl groups excluding tert-OH is 1. The van der Waals surface area contributed by atoms with E-state index in [1.54, 1.807) is 6.20 Å². The molecule has 0 aliphatic rings. The minimum atomic E-state index is 0.0322. The lowest BCUT2D eigenvalue weighted by molar-refractivity contribution is 0.280. The Labute approximate surface area is 94.8 Å². The molecule has 82 valence electrons. The molecule has 3 nitrogen and oxygen atoms in total. The lowest BCUT2D eigenvalue weighted by Crippen LogP contribution is -1.97. The summed E-state index contributed by atoms with van der Waals surface area (Å²) < 4.78 is 0. The zero-order valence-electron chi connectivity index (χ0n) is 9.14. The van der Waals surface area contributed by atoms with Crippen molar-refractivity contribution < 1.29 is 5.11 Å². The van der Waals surface area contributed by atoms with Crippen LogP contribution in [-0.2, 0) is 6.61 Å². The van der Waals surface area contributed by atoms with Crippen LogP contribution < -0.4 is 5.32 Å². The molecule has 0 saturated carbocycles. The van der Waals surface area contributed by atoms with Crippen LogP contribution in [0.1, 0.15) is 11.1 Å². The molecule has 0 radical (unpaired) electrons. The number of nitrogens with zero attached hydrogens (tertiary/aromatic N) is 1. The monoisotopic (exact) mass is 214 g/mol. The van der Waals surface area contributed by atoms with E-state index in [2.05, 4.69) is 10.3 Å². The molecule has 0 bridgehead atoms. The maximum absolute atomic E-state index is 9.04. The van der Waals surface area contributed by atoms with Crippen LogP contribution in [-0.4, -0.2) is 10.1 Å². The minimum Gasteiger partial charge on any atom is -0.392 e. The van der Waals surface area contributed by atoms with E-state index >= 15 is 0 Å². The normalized spacial score (nSPS) is 10.1. The van der Waals surface area contributed by atoms with Crippen LogP contribution in [0.15, 0.2) is 42.6 Å². The molecular weight excluding hydrogens is 200 g/mol. The summed E-state index contributed by atoms with van der Waals surface area (Å²) in [7, 11) is 0. The number of hydrogen-bond acceptors (Lipinski definition) is 3. The molecule has 1 aromatic carbocycles. The van der Waals surface area contributed by atoms with Crippen molar-refractivity contribution in [3.8, 4) is 0 Å². The second kappa shape index (κ2) is 4.77. The van der Waals surface area contributed by atoms with Crippen molar-refractivity contribution in [2.45, 2.75) is 13.5 Å². The maximum Gasteiger partial charge on any atom is 0.130 e. The van der Waals surface area contributed by atoms with Gasteiger partial charge in [0.1, 0.15) is 5.82 Å². The van der Waals surface area contributed by atoms with Gasteiger partial charge in [-0.15, -0.1) is 0 Å². The Hall–Kier alpha value is -1.87. The van der Waals surface area contributed by atoms with E-state index in [1.807, 2.05) is 43.3 Å². The topological polar surface area (TPSA) is 45.2 Å². The molecule has 16 heavy (non-hydrogen) atoms. The summed E-state index contributed by atoms with van der Waals surface area (Å²) in [4.78, 5) is 4.23. The SMILES string of the molecule is Cc1cc(Nc2ccccc2)ncc1CO. The van der Waals surface area contributed by atoms with Gasteiger partial charge >= 0.3 is 0 Å². The van der Waals surface area contributed by atoms with Gasteiger partial charge in [0, 0.05) is 11.9 Å². The summed E-state index contributed by atoms with van der Waals surface area (Å²) >= 11 is 0. The van der Waals surface area contributed by atoms with E-state index in [0.29, 0.717) is 0 Å². The van der Waals surface area contributed by atoms with Gasteiger partial charge in [0.2, 0.25) is 0 Å². The van der Waals surface area contributed by atoms with Gasteiger partial charge in [0.25, 0.3) is 0 Å². The van der Waals surface area contributed by atoms with Crippen molar-refractivity contribution in [1.82, 2.24) is 4.98 Å². The van der Waals surface area contributed by atoms with Crippen molar-refractivity contribution >= 4 is 11.5 Å². The number of anilines is 2. The number of aryl methyl sites for hydroxylation is 1. The van der Waals surface area contributed by atoms with Crippen molar-refractivity contribution in [1.29, 1.82) is 0 Å². The maximum atomic E-state index is 9.04. The number of nitrogens with one attached hydrogen (secondary N) is 1. The summed E-state index contributed by atoms with van der Waals surface area (Å²) in [5.41, 5.74) is 2.90. The molecule has 0 unspecified atom stereocenters. The summed E-state index contributed by atoms with van der Waals surface area (Å²) in [5.74, 6) is 0.793. The van der Waals surface area contributed by atoms with E-state index in [4.69, 9.17) is 5.11 Å². The Morgan fingerprint density at radius 2 is 2.00 bits per heavy atom. The third-order valence-electron chi connectivity index (χ3n) is 2.44. The Balaban J connectivity index is 2.20. The Kier molecular flexibility index (Phi) is 3.17. The quantitative estimate of drug-likeness (QED) is 0.825. The molecule has 2 N–H and O–H groups in total. The molecular formula is C13H14N2O. The van der Waals surface area contributed by atoms with E-state index in [9.17, 15) is 0 Å². The highest BCUT2D eigenvalue weighted by Gasteiger charge is 2.00. The zero-order valence-corrected chi connectivity index (χ0v) is 9.14. The van der Waals surface area contributed by atoms with Gasteiger partial charge in [-0.1, -0.05) is 18.2 Å². The molecule has 0 amide bonds. The largest absolute Gasteiger partial charge is 0.392 e. The molecule has 2 aromatic rings. The van der Waals surface area contributed by atoms with Crippen LogP contribution >= 0.6 is 0 Å². The van der Waals surface area contributed by atoms with Crippen molar-refractivity contribution in [3.05, 3.63) is 53.7 Å². The lowest BCUT2D eigenvalue weighted by Gasteiger charge is -2.08. The first-order chi connectivity index (χ1) is 7.79. The highest BCUT2D eigenvalue weighted by Crippen LogP contribution is 2.16. The molecule has 2 rings (SSSR count). The molecule has 3 heteroatoms. The number of benzene rings is 1. The first kappa shape index (κ1) is 10.6. The summed E-state index contributed by atoms with van der Waals surface area (Å²) in [6, 6.07) is 11.8. The molecule has 0 aliphatic carbocycles. The third-order valence-corrected chi connectivity index (χ3v) is 2.44. The van der Waals surface area contributed by atoms with E-state index in [-0.39, 0.29) is 6.61 Å². The Bertz CT molecular complexity index is 469. The van der Waals surface area contributed by atoms with E-state index in [1.165, 1.54) is 0 Å². The number of aliphatic hydroxyl groups is 1. The van der Waals surface area contributed by atoms with E-state index < -0.39 is 0 Å². The number of rotatable bonds is 3. The van der Waals surface area contributed by atoms with Crippen molar-refractivity contribution in [2.75, 3.05) is 5.32 Å². The van der Waals surface area contributed by atoms with Crippen LogP contribution in [0.25, 0.3) is 0 Å². The number of pyridine rings is 1. The second-order valence-corrected chi connectivity index (χ2v) is 3.65. The third kappa shape index (κ3) is 2.38. The standard InChI is InChI=1S/C13H14N2O/c1-10-7-13(14-8-11(10)9-16)15-12-5-3-2-4-6-12/h2-8,16H,9H2,1H3,(H,14,15). The second-order valence-electron chi connectivity index (χ2n) is 3.65. The minimum absolute atomic E-state index is 0.0322. The highest BCUT2D eigenvalue weighted by atomic mass is 16.3. The van der Waals surface area contributed by atoms with Crippen LogP contribution in [0.3, 0.4) is 0 Å². The van der Waals surface area contributed by atoms with Gasteiger partial charge in [-0.2, -0.15) is 0 Å². The van der Waals surface area contributed by atoms with Crippen LogP contribution in [0, 0.1) is 6.92 Å². The number of para-hydroxylation sites is 1. The molecule has 1 aromatic heterocycles. The smallest absolute Gasteiger partial charge is 0.130 e. The number of hydrogen-bond donors (Lipinski definition) is 2. The molecule has 0 saturated heterocycles. The first-order valence-corrected chi connectivity index (χ1v) is 5.18. The van der Waals surface area contributed by atoms with Gasteiger partial charge in [0.05, 0.1) is 6.61 Å². The van der Waals surface area contributed by atoms with Gasteiger partial charge in [-0.05, 0) is 36.2 Å². The van der Waals surface area contributed by atoms with Gasteiger partial charge in [-0.25, -0.2) is 4.98 Å². The number of aromatic nitrogens is 1. The van der Waals surface area contributed by atoms with Crippen molar-refractivity contribution in [2.24, 2.45) is 0 Å². The fourth-order valence-electron chi connectivity index (χ4n) is 1.49. The van der Waals surface area contributed by atoms with Crippen LogP contribution in [0.2, 0.25) is 0 Å². The molecule has 0 spiro atoms. The lowest BCUT2D eigenvalue weighted by atomic mass is 10.2. The van der Waals surface area contributed by atoms with Gasteiger partial charge in [-0.3, -0.25) is 0 Å². The van der Waals surface area contributed by atoms with E-state index in [0.717, 1.165) is 22.6 Å². The van der Waals surface area contributed by atoms with Gasteiger partial charge < -0.3 is 10.4 Å². The summed E-state index contributed by atoms with van der Waals surface area (Å²) in [5, 5.41) is 12.2. The molecule has 1 heterocycles. The van der Waals surface area contributed by atoms with Crippen molar-refractivity contribution in [3.63, 3.8) is 0 Å². The average Bonchev–Trinajstić information content (AvgIpc) is 2.31. The predicted molar refractivity (Wildman–Crippen MR) is 64.6 cm³/mol. The Morgan fingerprint density at radius 1 is 1.25 bits per heavy atom. The summed E-state index contributed by atoms with van der Waals surface area (Å²) in [6.07, 6.45) is 1.70. The first-order valence-electron chi connectivity index (χ1n) is 5.18. The fraction of sp³-hybridized carbons (Fsp3) is 0.154. The van der Waals surface area contributed by atoms with Crippen LogP contribution in [0.4, 0.5) is 11.5 Å². The highest BCUT2D eigenvalue weighted by molar-refractivity contribution is 5.56. The van der Waals surface area contributed by atoms with Gasteiger partial charge in [0.15, 0.2) is 0 Å². The van der Waals surface area contributed by atoms with Crippen LogP contribution in [0.5, 0.6) is 0 Å². The molecule has 0 atom stereocenters. The average molecular weight is 214 g/mol. The summed E-state index contributed by atoms with van der Waals surface area (Å²) in [6.45, 7) is 1.99. The molecule has 0 aliphatic heterocycles.